The number of nitrogens with zero attached hydrogens (tertiary/aromatic N) is 5. The van der Waals surface area contributed by atoms with Crippen LogP contribution in [0.4, 0.5) is 5.69 Å². The third-order valence-corrected chi connectivity index (χ3v) is 6.45. The third kappa shape index (κ3) is 5.29. The molecule has 2 unspecified atom stereocenters. The Kier molecular flexibility index (Phi) is 7.75. The van der Waals surface area contributed by atoms with E-state index in [2.05, 4.69) is 22.0 Å². The monoisotopic (exact) mass is 457 g/mol. The summed E-state index contributed by atoms with van der Waals surface area (Å²) in [7, 11) is 4.01. The number of halogens is 1. The number of para-hydroxylation sites is 1. The third-order valence-electron chi connectivity index (χ3n) is 5.17. The Labute approximate surface area is 193 Å². The van der Waals surface area contributed by atoms with Crippen molar-refractivity contribution in [1.29, 1.82) is 0 Å². The zero-order valence-corrected chi connectivity index (χ0v) is 20.1. The number of hydrogen-bond donors (Lipinski definition) is 0. The SMILES string of the molecule is CCN(C(=O)C(C)Sc1nnc(C(C)N(C)C)n1-c1ccc(Cl)cc1)c1ccccc1. The number of thioether (sulfide) groups is 1. The van der Waals surface area contributed by atoms with Crippen molar-refractivity contribution in [2.24, 2.45) is 0 Å². The first-order valence-corrected chi connectivity index (χ1v) is 11.5. The molecule has 164 valence electrons. The van der Waals surface area contributed by atoms with Crippen molar-refractivity contribution in [3.05, 3.63) is 65.4 Å². The van der Waals surface area contributed by atoms with Gasteiger partial charge in [0.2, 0.25) is 5.91 Å². The molecule has 0 saturated heterocycles. The Morgan fingerprint density at radius 1 is 1.06 bits per heavy atom. The van der Waals surface area contributed by atoms with E-state index in [1.54, 1.807) is 4.90 Å². The van der Waals surface area contributed by atoms with E-state index >= 15 is 0 Å². The van der Waals surface area contributed by atoms with E-state index in [4.69, 9.17) is 11.6 Å². The van der Waals surface area contributed by atoms with Crippen molar-refractivity contribution in [2.75, 3.05) is 25.5 Å². The van der Waals surface area contributed by atoms with Gasteiger partial charge in [-0.1, -0.05) is 41.6 Å². The Balaban J connectivity index is 1.93. The molecule has 8 heteroatoms. The summed E-state index contributed by atoms with van der Waals surface area (Å²) in [4.78, 5) is 17.1. The summed E-state index contributed by atoms with van der Waals surface area (Å²) in [5, 5.41) is 9.92. The summed E-state index contributed by atoms with van der Waals surface area (Å²) in [5.74, 6) is 0.844. The lowest BCUT2D eigenvalue weighted by Gasteiger charge is -2.24. The van der Waals surface area contributed by atoms with E-state index < -0.39 is 0 Å². The summed E-state index contributed by atoms with van der Waals surface area (Å²) >= 11 is 7.51. The highest BCUT2D eigenvalue weighted by Gasteiger charge is 2.27. The zero-order chi connectivity index (χ0) is 22.5. The molecule has 3 rings (SSSR count). The molecule has 0 fully saturated rings. The number of rotatable bonds is 8. The number of carbonyl (C=O) groups excluding carboxylic acids is 1. The highest BCUT2D eigenvalue weighted by atomic mass is 35.5. The molecule has 1 aromatic heterocycles. The fraction of sp³-hybridized carbons (Fsp3) is 0.348. The standard InChI is InChI=1S/C23H28ClN5OS/c1-6-28(19-10-8-7-9-11-19)22(30)17(3)31-23-26-25-21(16(2)27(4)5)29(23)20-14-12-18(24)13-15-20/h7-17H,6H2,1-5H3. The van der Waals surface area contributed by atoms with Crippen molar-refractivity contribution in [2.45, 2.75) is 37.2 Å². The molecule has 0 bridgehead atoms. The van der Waals surface area contributed by atoms with Gasteiger partial charge in [0.15, 0.2) is 11.0 Å². The van der Waals surface area contributed by atoms with Gasteiger partial charge in [0.1, 0.15) is 0 Å². The highest BCUT2D eigenvalue weighted by molar-refractivity contribution is 8.00. The number of anilines is 1. The maximum absolute atomic E-state index is 13.2. The Morgan fingerprint density at radius 3 is 2.29 bits per heavy atom. The maximum Gasteiger partial charge on any atom is 0.240 e. The molecule has 31 heavy (non-hydrogen) atoms. The topological polar surface area (TPSA) is 54.3 Å². The van der Waals surface area contributed by atoms with Gasteiger partial charge in [-0.2, -0.15) is 0 Å². The lowest BCUT2D eigenvalue weighted by molar-refractivity contribution is -0.117. The van der Waals surface area contributed by atoms with Gasteiger partial charge in [-0.3, -0.25) is 14.3 Å². The maximum atomic E-state index is 13.2. The van der Waals surface area contributed by atoms with Gasteiger partial charge in [0.25, 0.3) is 0 Å². The number of carbonyl (C=O) groups is 1. The zero-order valence-electron chi connectivity index (χ0n) is 18.5. The predicted octanol–water partition coefficient (Wildman–Crippen LogP) is 5.08. The molecule has 1 amide bonds. The molecule has 0 spiro atoms. The van der Waals surface area contributed by atoms with Crippen molar-refractivity contribution >= 4 is 35.0 Å². The smallest absolute Gasteiger partial charge is 0.240 e. The van der Waals surface area contributed by atoms with Crippen LogP contribution in [0.15, 0.2) is 59.8 Å². The molecule has 0 radical (unpaired) electrons. The van der Waals surface area contributed by atoms with Gasteiger partial charge in [-0.25, -0.2) is 0 Å². The average Bonchev–Trinajstić information content (AvgIpc) is 3.18. The van der Waals surface area contributed by atoms with Gasteiger partial charge in [-0.15, -0.1) is 10.2 Å². The summed E-state index contributed by atoms with van der Waals surface area (Å²) in [6.07, 6.45) is 0. The molecule has 2 aromatic carbocycles. The molecular formula is C23H28ClN5OS. The van der Waals surface area contributed by atoms with Crippen LogP contribution in [0.1, 0.15) is 32.6 Å². The van der Waals surface area contributed by atoms with Gasteiger partial charge in [0.05, 0.1) is 11.3 Å². The van der Waals surface area contributed by atoms with Crippen LogP contribution in [0, 0.1) is 0 Å². The second-order valence-electron chi connectivity index (χ2n) is 7.47. The predicted molar refractivity (Wildman–Crippen MR) is 128 cm³/mol. The normalized spacial score (nSPS) is 13.3. The molecule has 2 atom stereocenters. The fourth-order valence-electron chi connectivity index (χ4n) is 3.19. The molecule has 3 aromatic rings. The summed E-state index contributed by atoms with van der Waals surface area (Å²) in [5.41, 5.74) is 1.80. The molecule has 0 saturated carbocycles. The van der Waals surface area contributed by atoms with E-state index in [1.165, 1.54) is 11.8 Å². The number of aromatic nitrogens is 3. The van der Waals surface area contributed by atoms with Crippen LogP contribution in [0.5, 0.6) is 0 Å². The minimum Gasteiger partial charge on any atom is -0.312 e. The van der Waals surface area contributed by atoms with Crippen molar-refractivity contribution < 1.29 is 4.79 Å². The molecular weight excluding hydrogens is 430 g/mol. The van der Waals surface area contributed by atoms with E-state index in [0.717, 1.165) is 17.2 Å². The molecule has 6 nitrogen and oxygen atoms in total. The van der Waals surface area contributed by atoms with Crippen LogP contribution in [-0.4, -0.2) is 51.5 Å². The van der Waals surface area contributed by atoms with Crippen LogP contribution >= 0.6 is 23.4 Å². The lowest BCUT2D eigenvalue weighted by Crippen LogP contribution is -2.36. The summed E-state index contributed by atoms with van der Waals surface area (Å²) in [6, 6.07) is 17.3. The van der Waals surface area contributed by atoms with E-state index in [1.807, 2.05) is 87.1 Å². The van der Waals surface area contributed by atoms with E-state index in [0.29, 0.717) is 16.7 Å². The molecule has 1 heterocycles. The number of benzene rings is 2. The van der Waals surface area contributed by atoms with Crippen LogP contribution in [0.3, 0.4) is 0 Å². The first kappa shape index (κ1) is 23.3. The molecule has 0 aliphatic rings. The first-order valence-electron chi connectivity index (χ1n) is 10.2. The fourth-order valence-corrected chi connectivity index (χ4v) is 4.26. The van der Waals surface area contributed by atoms with Crippen molar-refractivity contribution in [3.8, 4) is 5.69 Å². The van der Waals surface area contributed by atoms with Gasteiger partial charge >= 0.3 is 0 Å². The van der Waals surface area contributed by atoms with Crippen LogP contribution in [0.2, 0.25) is 5.02 Å². The van der Waals surface area contributed by atoms with Gasteiger partial charge < -0.3 is 4.90 Å². The molecule has 0 aliphatic heterocycles. The van der Waals surface area contributed by atoms with E-state index in [9.17, 15) is 4.79 Å². The van der Waals surface area contributed by atoms with Crippen LogP contribution < -0.4 is 4.90 Å². The van der Waals surface area contributed by atoms with Crippen molar-refractivity contribution in [3.63, 3.8) is 0 Å². The Hall–Kier alpha value is -2.35. The second-order valence-corrected chi connectivity index (χ2v) is 9.21. The first-order chi connectivity index (χ1) is 14.8. The Morgan fingerprint density at radius 2 is 1.71 bits per heavy atom. The minimum atomic E-state index is -0.335. The number of hydrogen-bond acceptors (Lipinski definition) is 5. The van der Waals surface area contributed by atoms with Crippen molar-refractivity contribution in [1.82, 2.24) is 19.7 Å². The van der Waals surface area contributed by atoms with Gasteiger partial charge in [-0.05, 0) is 71.3 Å². The largest absolute Gasteiger partial charge is 0.312 e. The quantitative estimate of drug-likeness (QED) is 0.441. The van der Waals surface area contributed by atoms with E-state index in [-0.39, 0.29) is 17.2 Å². The van der Waals surface area contributed by atoms with Crippen LogP contribution in [-0.2, 0) is 4.79 Å². The molecule has 0 aliphatic carbocycles. The minimum absolute atomic E-state index is 0.0339. The summed E-state index contributed by atoms with van der Waals surface area (Å²) in [6.45, 7) is 6.57. The Bertz CT molecular complexity index is 1010. The average molecular weight is 458 g/mol. The number of amides is 1. The summed E-state index contributed by atoms with van der Waals surface area (Å²) < 4.78 is 2.01. The second kappa shape index (κ2) is 10.3. The lowest BCUT2D eigenvalue weighted by atomic mass is 10.2. The van der Waals surface area contributed by atoms with Gasteiger partial charge in [0, 0.05) is 22.9 Å². The molecule has 0 N–H and O–H groups in total. The highest BCUT2D eigenvalue weighted by Crippen LogP contribution is 2.31. The van der Waals surface area contributed by atoms with Crippen LogP contribution in [0.25, 0.3) is 5.69 Å².